The van der Waals surface area contributed by atoms with Crippen LogP contribution in [0, 0.1) is 0 Å². The fraction of sp³-hybridized carbons (Fsp3) is 0.733. The second-order valence-electron chi connectivity index (χ2n) is 6.41. The molecular weight excluding hydrogens is 280 g/mol. The lowest BCUT2D eigenvalue weighted by Crippen LogP contribution is -2.31. The molecule has 7 nitrogen and oxygen atoms in total. The van der Waals surface area contributed by atoms with Crippen molar-refractivity contribution >= 4 is 17.6 Å². The summed E-state index contributed by atoms with van der Waals surface area (Å²) in [6.45, 7) is 3.68. The number of hydrogen-bond donors (Lipinski definition) is 2. The molecule has 7 heteroatoms. The van der Waals surface area contributed by atoms with Crippen molar-refractivity contribution in [3.05, 3.63) is 0 Å². The van der Waals surface area contributed by atoms with E-state index in [0.29, 0.717) is 18.0 Å². The van der Waals surface area contributed by atoms with Crippen molar-refractivity contribution in [1.82, 2.24) is 15.3 Å². The van der Waals surface area contributed by atoms with E-state index in [1.807, 2.05) is 7.05 Å². The number of anilines is 3. The minimum Gasteiger partial charge on any atom is -0.486 e. The Bertz CT molecular complexity index is 565. The van der Waals surface area contributed by atoms with Crippen LogP contribution in [0.1, 0.15) is 25.7 Å². The molecule has 22 heavy (non-hydrogen) atoms. The van der Waals surface area contributed by atoms with E-state index < -0.39 is 0 Å². The fourth-order valence-corrected chi connectivity index (χ4v) is 3.88. The second-order valence-corrected chi connectivity index (χ2v) is 6.41. The van der Waals surface area contributed by atoms with Gasteiger partial charge >= 0.3 is 0 Å². The van der Waals surface area contributed by atoms with Crippen LogP contribution in [0.4, 0.5) is 17.6 Å². The molecule has 1 aromatic heterocycles. The maximum absolute atomic E-state index is 6.07. The Morgan fingerprint density at radius 3 is 2.86 bits per heavy atom. The number of nitrogens with one attached hydrogen (secondary N) is 1. The van der Waals surface area contributed by atoms with Crippen molar-refractivity contribution in [3.63, 3.8) is 0 Å². The first kappa shape index (κ1) is 13.9. The molecule has 4 heterocycles. The van der Waals surface area contributed by atoms with Crippen LogP contribution < -0.4 is 25.6 Å². The normalized spacial score (nSPS) is 27.3. The number of fused-ring (bicyclic) bond motifs is 3. The van der Waals surface area contributed by atoms with Crippen LogP contribution in [0.15, 0.2) is 0 Å². The van der Waals surface area contributed by atoms with E-state index >= 15 is 0 Å². The van der Waals surface area contributed by atoms with Gasteiger partial charge < -0.3 is 25.6 Å². The van der Waals surface area contributed by atoms with Gasteiger partial charge in [-0.2, -0.15) is 9.97 Å². The van der Waals surface area contributed by atoms with E-state index in [4.69, 9.17) is 10.5 Å². The van der Waals surface area contributed by atoms with Gasteiger partial charge in [-0.3, -0.25) is 0 Å². The van der Waals surface area contributed by atoms with Gasteiger partial charge in [0, 0.05) is 38.1 Å². The Labute approximate surface area is 130 Å². The van der Waals surface area contributed by atoms with Crippen molar-refractivity contribution in [2.24, 2.45) is 0 Å². The zero-order chi connectivity index (χ0) is 15.1. The van der Waals surface area contributed by atoms with Crippen molar-refractivity contribution in [1.29, 1.82) is 0 Å². The number of nitrogen functional groups attached to an aromatic ring is 1. The van der Waals surface area contributed by atoms with Crippen LogP contribution in [-0.2, 0) is 0 Å². The molecule has 3 aliphatic heterocycles. The summed E-state index contributed by atoms with van der Waals surface area (Å²) < 4.78 is 6.07. The van der Waals surface area contributed by atoms with E-state index in [-0.39, 0.29) is 0 Å². The van der Waals surface area contributed by atoms with Gasteiger partial charge in [-0.05, 0) is 26.3 Å². The van der Waals surface area contributed by atoms with Crippen molar-refractivity contribution in [3.8, 4) is 5.75 Å². The van der Waals surface area contributed by atoms with Gasteiger partial charge in [0.2, 0.25) is 11.7 Å². The van der Waals surface area contributed by atoms with Crippen molar-refractivity contribution in [2.45, 2.75) is 37.8 Å². The number of likely N-dealkylation sites (N-methyl/N-ethyl adjacent to an activating group) is 1. The van der Waals surface area contributed by atoms with Crippen molar-refractivity contribution in [2.75, 3.05) is 48.8 Å². The number of hydrogen-bond acceptors (Lipinski definition) is 7. The monoisotopic (exact) mass is 304 g/mol. The van der Waals surface area contributed by atoms with E-state index in [0.717, 1.165) is 56.5 Å². The van der Waals surface area contributed by atoms with Crippen LogP contribution in [0.25, 0.3) is 0 Å². The molecule has 1 aromatic rings. The molecule has 0 unspecified atom stereocenters. The third-order valence-corrected chi connectivity index (χ3v) is 5.09. The number of rotatable bonds is 2. The highest BCUT2D eigenvalue weighted by Gasteiger charge is 2.35. The SMILES string of the molecule is CN[C@@H]1CCN(c2nc(N)nc3c2OCC[C@@H]2CCCN32)C1. The molecule has 0 aromatic carbocycles. The van der Waals surface area contributed by atoms with Gasteiger partial charge in [0.25, 0.3) is 0 Å². The largest absolute Gasteiger partial charge is 0.486 e. The Kier molecular flexibility index (Phi) is 3.44. The lowest BCUT2D eigenvalue weighted by Gasteiger charge is -2.26. The first-order valence-corrected chi connectivity index (χ1v) is 8.25. The molecule has 2 atom stereocenters. The average Bonchev–Trinajstić information content (AvgIpc) is 3.14. The number of nitrogens with two attached hydrogens (primary N) is 1. The molecule has 0 radical (unpaired) electrons. The summed E-state index contributed by atoms with van der Waals surface area (Å²) in [5.41, 5.74) is 6.00. The quantitative estimate of drug-likeness (QED) is 0.828. The van der Waals surface area contributed by atoms with Crippen molar-refractivity contribution < 1.29 is 4.74 Å². The van der Waals surface area contributed by atoms with E-state index in [1.54, 1.807) is 0 Å². The van der Waals surface area contributed by atoms with Gasteiger partial charge in [-0.25, -0.2) is 0 Å². The molecule has 4 rings (SSSR count). The summed E-state index contributed by atoms with van der Waals surface area (Å²) in [5, 5.41) is 3.34. The fourth-order valence-electron chi connectivity index (χ4n) is 3.88. The Balaban J connectivity index is 1.74. The Morgan fingerprint density at radius 2 is 2.05 bits per heavy atom. The van der Waals surface area contributed by atoms with E-state index in [1.165, 1.54) is 12.8 Å². The summed E-state index contributed by atoms with van der Waals surface area (Å²) in [6.07, 6.45) is 4.60. The standard InChI is InChI=1S/C15H24N6O/c1-17-10-4-7-20(9-10)13-12-14(19-15(16)18-13)21-6-2-3-11(21)5-8-22-12/h10-11,17H,2-9H2,1H3,(H2,16,18,19)/t10-,11+/m1/s1. The first-order chi connectivity index (χ1) is 10.8. The van der Waals surface area contributed by atoms with Crippen LogP contribution in [0.3, 0.4) is 0 Å². The molecule has 2 saturated heterocycles. The van der Waals surface area contributed by atoms with Gasteiger partial charge in [0.05, 0.1) is 6.61 Å². The molecule has 120 valence electrons. The van der Waals surface area contributed by atoms with Gasteiger partial charge in [0.15, 0.2) is 11.6 Å². The highest BCUT2D eigenvalue weighted by Crippen LogP contribution is 2.42. The van der Waals surface area contributed by atoms with Gasteiger partial charge in [0.1, 0.15) is 0 Å². The second kappa shape index (κ2) is 5.46. The first-order valence-electron chi connectivity index (χ1n) is 8.25. The predicted octanol–water partition coefficient (Wildman–Crippen LogP) is 0.608. The van der Waals surface area contributed by atoms with Crippen LogP contribution >= 0.6 is 0 Å². The molecule has 2 fully saturated rings. The van der Waals surface area contributed by atoms with Gasteiger partial charge in [-0.1, -0.05) is 0 Å². The van der Waals surface area contributed by atoms with Gasteiger partial charge in [-0.15, -0.1) is 0 Å². The third kappa shape index (κ3) is 2.24. The summed E-state index contributed by atoms with van der Waals surface area (Å²) >= 11 is 0. The maximum atomic E-state index is 6.07. The predicted molar refractivity (Wildman–Crippen MR) is 86.6 cm³/mol. The summed E-state index contributed by atoms with van der Waals surface area (Å²) in [7, 11) is 2.01. The van der Waals surface area contributed by atoms with Crippen LogP contribution in [0.2, 0.25) is 0 Å². The smallest absolute Gasteiger partial charge is 0.224 e. The minimum absolute atomic E-state index is 0.345. The Hall–Kier alpha value is -1.76. The molecule has 0 spiro atoms. The molecule has 0 saturated carbocycles. The molecule has 3 N–H and O–H groups in total. The highest BCUT2D eigenvalue weighted by molar-refractivity contribution is 5.69. The lowest BCUT2D eigenvalue weighted by atomic mass is 10.1. The molecule has 3 aliphatic rings. The zero-order valence-electron chi connectivity index (χ0n) is 13.1. The molecular formula is C15H24N6O. The third-order valence-electron chi connectivity index (χ3n) is 5.09. The molecule has 0 bridgehead atoms. The maximum Gasteiger partial charge on any atom is 0.224 e. The lowest BCUT2D eigenvalue weighted by molar-refractivity contribution is 0.309. The highest BCUT2D eigenvalue weighted by atomic mass is 16.5. The van der Waals surface area contributed by atoms with Crippen LogP contribution in [0.5, 0.6) is 5.75 Å². The van der Waals surface area contributed by atoms with E-state index in [2.05, 4.69) is 25.1 Å². The number of ether oxygens (including phenoxy) is 1. The topological polar surface area (TPSA) is 79.5 Å². The summed E-state index contributed by atoms with van der Waals surface area (Å²) in [5.74, 6) is 2.94. The summed E-state index contributed by atoms with van der Waals surface area (Å²) in [6, 6.07) is 1.03. The zero-order valence-corrected chi connectivity index (χ0v) is 13.1. The Morgan fingerprint density at radius 1 is 1.18 bits per heavy atom. The minimum atomic E-state index is 0.345. The molecule has 0 aliphatic carbocycles. The van der Waals surface area contributed by atoms with Crippen LogP contribution in [-0.4, -0.2) is 55.3 Å². The van der Waals surface area contributed by atoms with E-state index in [9.17, 15) is 0 Å². The average molecular weight is 304 g/mol. The number of nitrogens with zero attached hydrogens (tertiary/aromatic N) is 4. The number of aromatic nitrogens is 2. The molecule has 0 amide bonds. The summed E-state index contributed by atoms with van der Waals surface area (Å²) in [4.78, 5) is 13.7.